The summed E-state index contributed by atoms with van der Waals surface area (Å²) in [4.78, 5) is 6.86. The highest BCUT2D eigenvalue weighted by Crippen LogP contribution is 2.36. The molecule has 1 fully saturated rings. The van der Waals surface area contributed by atoms with Gasteiger partial charge >= 0.3 is 0 Å². The Morgan fingerprint density at radius 1 is 1.19 bits per heavy atom. The normalized spacial score (nSPS) is 23.8. The maximum absolute atomic E-state index is 12.1. The average molecular weight is 407 g/mol. The number of hydrogen-bond donors (Lipinski definition) is 0. The minimum Gasteiger partial charge on any atom is -0.315 e. The second-order valence-electron chi connectivity index (χ2n) is 6.75. The summed E-state index contributed by atoms with van der Waals surface area (Å²) in [5.41, 5.74) is 3.30. The van der Waals surface area contributed by atoms with Crippen molar-refractivity contribution < 1.29 is 8.42 Å². The Morgan fingerprint density at radius 2 is 1.96 bits per heavy atom. The highest BCUT2D eigenvalue weighted by Gasteiger charge is 2.47. The average Bonchev–Trinajstić information content (AvgIpc) is 3.05. The van der Waals surface area contributed by atoms with E-state index in [9.17, 15) is 8.42 Å². The largest absolute Gasteiger partial charge is 0.315 e. The fraction of sp³-hybridized carbons (Fsp3) is 0.316. The van der Waals surface area contributed by atoms with Crippen molar-refractivity contribution >= 4 is 44.1 Å². The van der Waals surface area contributed by atoms with Gasteiger partial charge in [-0.1, -0.05) is 53.2 Å². The van der Waals surface area contributed by atoms with Crippen LogP contribution in [0.25, 0.3) is 0 Å². The van der Waals surface area contributed by atoms with Crippen LogP contribution < -0.4 is 4.90 Å². The van der Waals surface area contributed by atoms with Crippen molar-refractivity contribution in [2.75, 3.05) is 16.4 Å². The molecule has 0 N–H and O–H groups in total. The summed E-state index contributed by atoms with van der Waals surface area (Å²) in [6.45, 7) is 2.04. The standard InChI is InChI=1S/C19H19ClN2O2S2/c1-13-5-7-16(8-6-13)22-18-12-26(23,24)11-17(18)21-19(22)25-10-14-3-2-4-15(20)9-14/h2-9,17-18H,10-12H2,1H3/t17-,18+/m0/s1. The maximum Gasteiger partial charge on any atom is 0.164 e. The van der Waals surface area contributed by atoms with Crippen LogP contribution in [0.4, 0.5) is 5.69 Å². The molecule has 2 aromatic carbocycles. The van der Waals surface area contributed by atoms with E-state index in [2.05, 4.69) is 4.90 Å². The molecule has 2 aliphatic heterocycles. The second-order valence-corrected chi connectivity index (χ2v) is 10.3. The van der Waals surface area contributed by atoms with E-state index in [0.29, 0.717) is 0 Å². The summed E-state index contributed by atoms with van der Waals surface area (Å²) in [5.74, 6) is 1.05. The van der Waals surface area contributed by atoms with Crippen LogP contribution in [0.15, 0.2) is 53.5 Å². The van der Waals surface area contributed by atoms with E-state index in [1.54, 1.807) is 11.8 Å². The predicted octanol–water partition coefficient (Wildman–Crippen LogP) is 3.92. The van der Waals surface area contributed by atoms with Crippen LogP contribution in [-0.2, 0) is 15.6 Å². The molecule has 7 heteroatoms. The van der Waals surface area contributed by atoms with Gasteiger partial charge in [0, 0.05) is 16.5 Å². The first-order chi connectivity index (χ1) is 12.4. The zero-order valence-electron chi connectivity index (χ0n) is 14.3. The van der Waals surface area contributed by atoms with Crippen molar-refractivity contribution in [1.29, 1.82) is 0 Å². The summed E-state index contributed by atoms with van der Waals surface area (Å²) in [5, 5.41) is 1.61. The molecule has 0 amide bonds. The highest BCUT2D eigenvalue weighted by molar-refractivity contribution is 8.13. The maximum atomic E-state index is 12.1. The Kier molecular flexibility index (Phi) is 4.75. The van der Waals surface area contributed by atoms with E-state index in [-0.39, 0.29) is 23.6 Å². The van der Waals surface area contributed by atoms with E-state index < -0.39 is 9.84 Å². The van der Waals surface area contributed by atoms with Crippen molar-refractivity contribution in [3.63, 3.8) is 0 Å². The molecule has 4 rings (SSSR count). The fourth-order valence-corrected chi connectivity index (χ4v) is 6.54. The third kappa shape index (κ3) is 3.63. The van der Waals surface area contributed by atoms with Crippen LogP contribution >= 0.6 is 23.4 Å². The summed E-state index contributed by atoms with van der Waals surface area (Å²) < 4.78 is 24.2. The van der Waals surface area contributed by atoms with Crippen LogP contribution in [0.2, 0.25) is 5.02 Å². The van der Waals surface area contributed by atoms with Crippen molar-refractivity contribution in [1.82, 2.24) is 0 Å². The van der Waals surface area contributed by atoms with Gasteiger partial charge in [0.15, 0.2) is 15.0 Å². The number of nitrogens with zero attached hydrogens (tertiary/aromatic N) is 2. The van der Waals surface area contributed by atoms with Crippen molar-refractivity contribution in [3.05, 3.63) is 64.7 Å². The first-order valence-electron chi connectivity index (χ1n) is 8.43. The Hall–Kier alpha value is -1.50. The first-order valence-corrected chi connectivity index (χ1v) is 11.6. The molecule has 2 aliphatic rings. The number of halogens is 1. The number of hydrogen-bond acceptors (Lipinski definition) is 5. The zero-order chi connectivity index (χ0) is 18.3. The van der Waals surface area contributed by atoms with E-state index in [1.165, 1.54) is 5.56 Å². The number of rotatable bonds is 3. The third-order valence-electron chi connectivity index (χ3n) is 4.68. The number of sulfone groups is 1. The molecule has 0 aromatic heterocycles. The van der Waals surface area contributed by atoms with Gasteiger partial charge in [0.2, 0.25) is 0 Å². The van der Waals surface area contributed by atoms with Crippen LogP contribution in [0, 0.1) is 6.92 Å². The van der Waals surface area contributed by atoms with E-state index in [1.807, 2.05) is 55.5 Å². The first kappa shape index (κ1) is 17.9. The molecular formula is C19H19ClN2O2S2. The Labute approximate surface area is 163 Å². The van der Waals surface area contributed by atoms with Gasteiger partial charge < -0.3 is 4.90 Å². The van der Waals surface area contributed by atoms with Crippen molar-refractivity contribution in [3.8, 4) is 0 Å². The van der Waals surface area contributed by atoms with Gasteiger partial charge in [0.25, 0.3) is 0 Å². The molecule has 2 atom stereocenters. The van der Waals surface area contributed by atoms with Crippen molar-refractivity contribution in [2.45, 2.75) is 24.8 Å². The molecule has 136 valence electrons. The third-order valence-corrected chi connectivity index (χ3v) is 7.65. The Balaban J connectivity index is 1.61. The number of thioether (sulfide) groups is 1. The minimum absolute atomic E-state index is 0.107. The molecule has 0 saturated carbocycles. The molecule has 0 spiro atoms. The number of amidine groups is 1. The van der Waals surface area contributed by atoms with Crippen LogP contribution in [-0.4, -0.2) is 37.2 Å². The summed E-state index contributed by atoms with van der Waals surface area (Å²) in [6, 6.07) is 15.7. The number of anilines is 1. The van der Waals surface area contributed by atoms with Gasteiger partial charge in [-0.25, -0.2) is 8.42 Å². The molecule has 0 aliphatic carbocycles. The number of aryl methyl sites for hydroxylation is 1. The molecule has 0 unspecified atom stereocenters. The van der Waals surface area contributed by atoms with Crippen molar-refractivity contribution in [2.24, 2.45) is 4.99 Å². The monoisotopic (exact) mass is 406 g/mol. The van der Waals surface area contributed by atoms with E-state index in [0.717, 1.165) is 27.2 Å². The van der Waals surface area contributed by atoms with Gasteiger partial charge in [0.05, 0.1) is 23.6 Å². The molecule has 2 aromatic rings. The second kappa shape index (κ2) is 6.91. The number of aliphatic imine (C=N–C) groups is 1. The van der Waals surface area contributed by atoms with Gasteiger partial charge in [-0.2, -0.15) is 0 Å². The smallest absolute Gasteiger partial charge is 0.164 e. The van der Waals surface area contributed by atoms with Crippen LogP contribution in [0.3, 0.4) is 0 Å². The fourth-order valence-electron chi connectivity index (χ4n) is 3.42. The summed E-state index contributed by atoms with van der Waals surface area (Å²) in [6.07, 6.45) is 0. The van der Waals surface area contributed by atoms with E-state index in [4.69, 9.17) is 16.6 Å². The van der Waals surface area contributed by atoms with Crippen LogP contribution in [0.1, 0.15) is 11.1 Å². The lowest BCUT2D eigenvalue weighted by Gasteiger charge is -2.26. The molecule has 26 heavy (non-hydrogen) atoms. The number of fused-ring (bicyclic) bond motifs is 1. The van der Waals surface area contributed by atoms with Gasteiger partial charge in [-0.05, 0) is 36.8 Å². The van der Waals surface area contributed by atoms with E-state index >= 15 is 0 Å². The highest BCUT2D eigenvalue weighted by atomic mass is 35.5. The van der Waals surface area contributed by atoms with Gasteiger partial charge in [-0.15, -0.1) is 0 Å². The molecule has 4 nitrogen and oxygen atoms in total. The summed E-state index contributed by atoms with van der Waals surface area (Å²) in [7, 11) is -3.03. The molecular weight excluding hydrogens is 388 g/mol. The Morgan fingerprint density at radius 3 is 2.69 bits per heavy atom. The Bertz CT molecular complexity index is 958. The number of benzene rings is 2. The SMILES string of the molecule is Cc1ccc(N2C(SCc3cccc(Cl)c3)=N[C@H]3CS(=O)(=O)C[C@H]32)cc1. The van der Waals surface area contributed by atoms with Gasteiger partial charge in [0.1, 0.15) is 0 Å². The van der Waals surface area contributed by atoms with Gasteiger partial charge in [-0.3, -0.25) is 4.99 Å². The predicted molar refractivity (Wildman–Crippen MR) is 110 cm³/mol. The molecule has 0 radical (unpaired) electrons. The lowest BCUT2D eigenvalue weighted by Crippen LogP contribution is -2.39. The quantitative estimate of drug-likeness (QED) is 0.775. The topological polar surface area (TPSA) is 49.7 Å². The van der Waals surface area contributed by atoms with Crippen LogP contribution in [0.5, 0.6) is 0 Å². The molecule has 2 heterocycles. The summed E-state index contributed by atoms with van der Waals surface area (Å²) >= 11 is 7.70. The molecule has 1 saturated heterocycles. The lowest BCUT2D eigenvalue weighted by molar-refractivity contribution is 0.601. The molecule has 0 bridgehead atoms. The lowest BCUT2D eigenvalue weighted by atomic mass is 10.1. The minimum atomic E-state index is -3.03. The zero-order valence-corrected chi connectivity index (χ0v) is 16.7.